The smallest absolute Gasteiger partial charge is 0.416 e. The molecule has 4 rings (SSSR count). The van der Waals surface area contributed by atoms with E-state index in [1.165, 1.54) is 24.3 Å². The van der Waals surface area contributed by atoms with E-state index in [0.717, 1.165) is 0 Å². The second-order valence-electron chi connectivity index (χ2n) is 12.4. The fourth-order valence-electron chi connectivity index (χ4n) is 5.85. The molecule has 3 N–H and O–H groups in total. The molecule has 1 aliphatic rings. The van der Waals surface area contributed by atoms with Crippen LogP contribution in [0.1, 0.15) is 98.1 Å². The van der Waals surface area contributed by atoms with E-state index < -0.39 is 53.5 Å². The van der Waals surface area contributed by atoms with Crippen LogP contribution in [0.2, 0.25) is 0 Å². The summed E-state index contributed by atoms with van der Waals surface area (Å²) in [5, 5.41) is 17.8. The number of hydrogen-bond acceptors (Lipinski definition) is 10. The molecule has 1 aromatic carbocycles. The molecule has 3 aromatic rings. The molecule has 3 heterocycles. The number of aromatic nitrogens is 3. The number of benzene rings is 1. The number of halogens is 6. The molecule has 0 radical (unpaired) electrons. The molecule has 0 aliphatic carbocycles. The number of nitrogens with two attached hydrogens (primary N) is 1. The minimum atomic E-state index is -5.07. The van der Waals surface area contributed by atoms with Crippen LogP contribution in [0.5, 0.6) is 11.6 Å². The lowest BCUT2D eigenvalue weighted by Gasteiger charge is -2.46. The Balaban J connectivity index is 1.77. The van der Waals surface area contributed by atoms with Crippen LogP contribution >= 0.6 is 0 Å². The summed E-state index contributed by atoms with van der Waals surface area (Å²) in [6.45, 7) is 1.72. The van der Waals surface area contributed by atoms with Crippen molar-refractivity contribution in [2.75, 3.05) is 25.2 Å². The van der Waals surface area contributed by atoms with Gasteiger partial charge in [0, 0.05) is 25.3 Å². The Morgan fingerprint density at radius 1 is 1.04 bits per heavy atom. The highest BCUT2D eigenvalue weighted by Crippen LogP contribution is 2.46. The van der Waals surface area contributed by atoms with Crippen LogP contribution in [0.15, 0.2) is 36.5 Å². The Bertz CT molecular complexity index is 1790. The van der Waals surface area contributed by atoms with Gasteiger partial charge in [-0.15, -0.1) is 0 Å². The summed E-state index contributed by atoms with van der Waals surface area (Å²) < 4.78 is 98.9. The highest BCUT2D eigenvalue weighted by Gasteiger charge is 2.47. The van der Waals surface area contributed by atoms with E-state index in [9.17, 15) is 35.9 Å². The molecule has 0 spiro atoms. The number of carbonyl (C=O) groups is 2. The van der Waals surface area contributed by atoms with Gasteiger partial charge >= 0.3 is 24.4 Å². The maximum atomic E-state index is 13.7. The van der Waals surface area contributed by atoms with Gasteiger partial charge in [-0.25, -0.2) is 19.7 Å². The van der Waals surface area contributed by atoms with Gasteiger partial charge in [-0.2, -0.15) is 31.6 Å². The van der Waals surface area contributed by atoms with Crippen molar-refractivity contribution in [2.24, 2.45) is 5.73 Å². The number of amides is 1. The summed E-state index contributed by atoms with van der Waals surface area (Å²) in [4.78, 5) is 39.3. The van der Waals surface area contributed by atoms with E-state index in [1.807, 2.05) is 6.07 Å². The minimum absolute atomic E-state index is 0.00894. The molecule has 0 bridgehead atoms. The van der Waals surface area contributed by atoms with E-state index in [0.29, 0.717) is 31.4 Å². The van der Waals surface area contributed by atoms with E-state index in [1.54, 1.807) is 13.0 Å². The van der Waals surface area contributed by atoms with Gasteiger partial charge in [-0.1, -0.05) is 6.92 Å². The molecule has 18 heteroatoms. The van der Waals surface area contributed by atoms with E-state index in [2.05, 4.69) is 15.0 Å². The number of fused-ring (bicyclic) bond motifs is 1. The second-order valence-corrected chi connectivity index (χ2v) is 12.4. The van der Waals surface area contributed by atoms with Gasteiger partial charge < -0.3 is 25.1 Å². The largest absolute Gasteiger partial charge is 0.490 e. The van der Waals surface area contributed by atoms with Crippen molar-refractivity contribution in [1.82, 2.24) is 15.0 Å². The van der Waals surface area contributed by atoms with Crippen LogP contribution in [-0.2, 0) is 28.3 Å². The first-order chi connectivity index (χ1) is 25.0. The fraction of sp³-hybridized carbons (Fsp3) is 0.486. The Morgan fingerprint density at radius 3 is 2.34 bits per heavy atom. The number of methoxy groups -OCH3 is 1. The van der Waals surface area contributed by atoms with Gasteiger partial charge in [-0.3, -0.25) is 9.69 Å². The number of carboxylic acids is 1. The minimum Gasteiger partial charge on any atom is -0.490 e. The average Bonchev–Trinajstić information content (AvgIpc) is 3.10. The Hall–Kier alpha value is -5.18. The third kappa shape index (κ3) is 10.2. The van der Waals surface area contributed by atoms with Gasteiger partial charge in [0.15, 0.2) is 5.75 Å². The van der Waals surface area contributed by atoms with Crippen LogP contribution in [-0.4, -0.2) is 58.1 Å². The lowest BCUT2D eigenvalue weighted by Crippen LogP contribution is -2.61. The predicted octanol–water partition coefficient (Wildman–Crippen LogP) is 7.38. The Labute approximate surface area is 300 Å². The molecular weight excluding hydrogens is 714 g/mol. The number of nitriles is 1. The molecule has 0 fully saturated rings. The normalized spacial score (nSPS) is 17.1. The first-order valence-corrected chi connectivity index (χ1v) is 16.7. The van der Waals surface area contributed by atoms with Gasteiger partial charge in [0.1, 0.15) is 11.5 Å². The van der Waals surface area contributed by atoms with Crippen LogP contribution in [0, 0.1) is 11.3 Å². The van der Waals surface area contributed by atoms with Gasteiger partial charge in [0.2, 0.25) is 5.88 Å². The van der Waals surface area contributed by atoms with Crippen molar-refractivity contribution >= 4 is 17.7 Å². The number of rotatable bonds is 15. The number of nitrogens with zero attached hydrogens (tertiary/aromatic N) is 5. The summed E-state index contributed by atoms with van der Waals surface area (Å²) in [6, 6.07) is 6.26. The van der Waals surface area contributed by atoms with Crippen LogP contribution < -0.4 is 20.1 Å². The number of pyridine rings is 1. The average molecular weight is 753 g/mol. The number of carboxylic acid groups (broad SMARTS) is 1. The lowest BCUT2D eigenvalue weighted by molar-refractivity contribution is -0.143. The topological polar surface area (TPSA) is 174 Å². The quantitative estimate of drug-likeness (QED) is 0.117. The molecular formula is C35H38F6N6O6. The maximum absolute atomic E-state index is 13.7. The molecule has 53 heavy (non-hydrogen) atoms. The first-order valence-electron chi connectivity index (χ1n) is 16.7. The molecule has 0 saturated heterocycles. The van der Waals surface area contributed by atoms with Crippen LogP contribution in [0.25, 0.3) is 0 Å². The van der Waals surface area contributed by atoms with E-state index >= 15 is 0 Å². The summed E-state index contributed by atoms with van der Waals surface area (Å²) in [5.74, 6) is -1.61. The monoisotopic (exact) mass is 752 g/mol. The summed E-state index contributed by atoms with van der Waals surface area (Å²) in [6.07, 6.45) is -8.33. The standard InChI is InChI=1S/C35H38F6N6O6/c1-3-33(43)19-24(30-26(10-11-28(46-30)51-2)47(33)32(50)53-14-7-4-5-9-29(48)49)31-44-20-27(52-13-8-6-12-42)25(45-31)17-21-15-22(34(36,37)38)18-23(16-21)35(39,40)41/h10-11,15-16,18,20,24H,3-9,13-14,17,19,43H2,1-2H3,(H,48,49)/t24-,33+/m0/s1. The summed E-state index contributed by atoms with van der Waals surface area (Å²) >= 11 is 0. The molecule has 286 valence electrons. The third-order valence-electron chi connectivity index (χ3n) is 8.58. The fourth-order valence-corrected chi connectivity index (χ4v) is 5.85. The van der Waals surface area contributed by atoms with Crippen molar-refractivity contribution in [3.8, 4) is 17.7 Å². The maximum Gasteiger partial charge on any atom is 0.416 e. The SMILES string of the molecule is CC[C@]1(N)C[C@H](c2ncc(OCCCC#N)c(Cc3cc(C(F)(F)F)cc(C(F)(F)F)c3)n2)c2nc(OC)ccc2N1C(=O)OCCCCCC(=O)O. The second kappa shape index (κ2) is 17.1. The number of hydrogen-bond donors (Lipinski definition) is 2. The number of aliphatic carboxylic acids is 1. The number of ether oxygens (including phenoxy) is 3. The molecule has 2 aromatic heterocycles. The number of anilines is 1. The zero-order valence-electron chi connectivity index (χ0n) is 28.9. The summed E-state index contributed by atoms with van der Waals surface area (Å²) in [7, 11) is 1.37. The van der Waals surface area contributed by atoms with Gasteiger partial charge in [-0.05, 0) is 68.4 Å². The number of unbranched alkanes of at least 4 members (excludes halogenated alkanes) is 3. The van der Waals surface area contributed by atoms with Crippen molar-refractivity contribution in [1.29, 1.82) is 5.26 Å². The first kappa shape index (κ1) is 40.6. The third-order valence-corrected chi connectivity index (χ3v) is 8.58. The van der Waals surface area contributed by atoms with Gasteiger partial charge in [0.05, 0.1) is 66.7 Å². The molecule has 0 unspecified atom stereocenters. The van der Waals surface area contributed by atoms with Crippen molar-refractivity contribution in [3.05, 3.63) is 70.4 Å². The van der Waals surface area contributed by atoms with Crippen molar-refractivity contribution in [3.63, 3.8) is 0 Å². The van der Waals surface area contributed by atoms with Crippen molar-refractivity contribution < 1.29 is 55.2 Å². The van der Waals surface area contributed by atoms with Crippen LogP contribution in [0.4, 0.5) is 36.8 Å². The zero-order chi connectivity index (χ0) is 39.0. The number of alkyl halides is 6. The molecule has 1 amide bonds. The number of carbonyl (C=O) groups excluding carboxylic acids is 1. The highest BCUT2D eigenvalue weighted by molar-refractivity contribution is 5.91. The molecule has 0 saturated carbocycles. The van der Waals surface area contributed by atoms with E-state index in [-0.39, 0.29) is 91.5 Å². The molecule has 2 atom stereocenters. The van der Waals surface area contributed by atoms with Crippen molar-refractivity contribution in [2.45, 2.75) is 88.6 Å². The predicted molar refractivity (Wildman–Crippen MR) is 176 cm³/mol. The Morgan fingerprint density at radius 2 is 1.74 bits per heavy atom. The lowest BCUT2D eigenvalue weighted by atomic mass is 9.83. The highest BCUT2D eigenvalue weighted by atomic mass is 19.4. The molecule has 12 nitrogen and oxygen atoms in total. The summed E-state index contributed by atoms with van der Waals surface area (Å²) in [5.41, 5.74) is 2.58. The van der Waals surface area contributed by atoms with Crippen LogP contribution in [0.3, 0.4) is 0 Å². The van der Waals surface area contributed by atoms with Gasteiger partial charge in [0.25, 0.3) is 0 Å². The Kier molecular flexibility index (Phi) is 13.1. The van der Waals surface area contributed by atoms with E-state index in [4.69, 9.17) is 30.3 Å². The zero-order valence-corrected chi connectivity index (χ0v) is 28.9. The molecule has 1 aliphatic heterocycles.